The van der Waals surface area contributed by atoms with Crippen LogP contribution in [0, 0.1) is 23.9 Å². The summed E-state index contributed by atoms with van der Waals surface area (Å²) < 4.78 is 112. The number of hydrogen-bond donors (Lipinski definition) is 0. The van der Waals surface area contributed by atoms with Crippen LogP contribution in [0.5, 0.6) is 11.5 Å². The fraction of sp³-hybridized carbons (Fsp3) is 0.0909. The zero-order chi connectivity index (χ0) is 58.1. The van der Waals surface area contributed by atoms with Crippen LogP contribution in [0.25, 0.3) is 99.8 Å². The quantitative estimate of drug-likeness (QED) is 0.107. The van der Waals surface area contributed by atoms with Crippen LogP contribution in [0.1, 0.15) is 54.2 Å². The van der Waals surface area contributed by atoms with Gasteiger partial charge in [-0.2, -0.15) is 12.1 Å². The summed E-state index contributed by atoms with van der Waals surface area (Å²) in [5.74, 6) is 0.299. The Labute approximate surface area is 454 Å². The van der Waals surface area contributed by atoms with Crippen LogP contribution in [0.15, 0.2) is 218 Å². The van der Waals surface area contributed by atoms with E-state index in [0.29, 0.717) is 39.6 Å². The average molecular weight is 1130 g/mol. The molecular weight excluding hydrogens is 1070 g/mol. The van der Waals surface area contributed by atoms with Gasteiger partial charge in [-0.1, -0.05) is 196 Å². The van der Waals surface area contributed by atoms with Crippen LogP contribution in [-0.2, 0) is 21.1 Å². The van der Waals surface area contributed by atoms with Crippen molar-refractivity contribution in [3.8, 4) is 56.6 Å². The Balaban J connectivity index is 0.00000694. The molecule has 0 saturated heterocycles. The molecule has 0 amide bonds. The van der Waals surface area contributed by atoms with E-state index in [-0.39, 0.29) is 49.0 Å². The second-order valence-electron chi connectivity index (χ2n) is 18.7. The zero-order valence-electron chi connectivity index (χ0n) is 51.0. The molecule has 0 aliphatic heterocycles. The summed E-state index contributed by atoms with van der Waals surface area (Å²) in [6, 6.07) is 49.9. The molecule has 0 radical (unpaired) electrons. The predicted molar refractivity (Wildman–Crippen MR) is 293 cm³/mol. The molecule has 6 nitrogen and oxygen atoms in total. The maximum absolute atomic E-state index is 9.60. The van der Waals surface area contributed by atoms with Gasteiger partial charge < -0.3 is 18.4 Å². The number of pyridine rings is 1. The van der Waals surface area contributed by atoms with E-state index >= 15 is 0 Å². The molecule has 4 aromatic heterocycles. The van der Waals surface area contributed by atoms with E-state index in [9.17, 15) is 1.37 Å². The summed E-state index contributed by atoms with van der Waals surface area (Å²) in [7, 11) is 0. The van der Waals surface area contributed by atoms with Crippen LogP contribution in [-0.4, -0.2) is 18.7 Å². The maximum Gasteiger partial charge on any atom is 0.268 e. The molecule has 13 rings (SSSR count). The molecule has 4 heterocycles. The SMILES string of the molecule is [2H]c1c([2H])c([2H])c(-c2cccc(-c3c([2H])c([2H])c([2H])c([2H])c3[2H])c2-[n+]2[c-]n(-c3[c-]c(Oc4[c-]c5c(c(-n6c7ccccc7c7ccccc76)c4)c4ccccc4n5-c4cc(C([2H])(C)C(C)(C)C)ccn4)ccc3)c3ccccc32)c([2H])c1[2H].[Pt]. The van der Waals surface area contributed by atoms with Crippen LogP contribution in [0.4, 0.5) is 0 Å². The van der Waals surface area contributed by atoms with E-state index in [1.807, 2.05) is 91.9 Å². The number of rotatable bonds is 9. The predicted octanol–water partition coefficient (Wildman–Crippen LogP) is 16.2. The largest absolute Gasteiger partial charge is 0.510 e. The van der Waals surface area contributed by atoms with Crippen molar-refractivity contribution in [1.82, 2.24) is 18.7 Å². The van der Waals surface area contributed by atoms with Gasteiger partial charge >= 0.3 is 0 Å². The van der Waals surface area contributed by atoms with Gasteiger partial charge in [-0.05, 0) is 86.2 Å². The van der Waals surface area contributed by atoms with Gasteiger partial charge in [0.05, 0.1) is 41.5 Å². The molecule has 1 unspecified atom stereocenters. The van der Waals surface area contributed by atoms with Crippen molar-refractivity contribution < 1.29 is 45.4 Å². The number of benzene rings is 9. The number of aromatic nitrogens is 5. The number of nitrogens with zero attached hydrogens (tertiary/aromatic N) is 5. The van der Waals surface area contributed by atoms with Crippen LogP contribution < -0.4 is 9.30 Å². The maximum atomic E-state index is 9.60. The summed E-state index contributed by atoms with van der Waals surface area (Å²) in [5, 5.41) is 4.01. The van der Waals surface area contributed by atoms with Crippen molar-refractivity contribution in [2.24, 2.45) is 5.41 Å². The normalized spacial score (nSPS) is 14.8. The Morgan fingerprint density at radius 2 is 1.18 bits per heavy atom. The van der Waals surface area contributed by atoms with E-state index in [2.05, 4.69) is 84.8 Å². The monoisotopic (exact) mass is 1130 g/mol. The fourth-order valence-corrected chi connectivity index (χ4v) is 9.93. The molecule has 0 fully saturated rings. The summed E-state index contributed by atoms with van der Waals surface area (Å²) in [6.45, 7) is 8.12. The molecule has 0 N–H and O–H groups in total. The summed E-state index contributed by atoms with van der Waals surface area (Å²) in [4.78, 5) is 4.97. The Hall–Kier alpha value is -8.31. The number of ether oxygens (including phenoxy) is 1. The first-order chi connectivity index (χ1) is 39.8. The third-order valence-electron chi connectivity index (χ3n) is 13.6. The van der Waals surface area contributed by atoms with Crippen LogP contribution in [0.3, 0.4) is 0 Å². The molecule has 0 aliphatic carbocycles. The van der Waals surface area contributed by atoms with Gasteiger partial charge in [0.25, 0.3) is 6.33 Å². The molecule has 9 aromatic carbocycles. The van der Waals surface area contributed by atoms with E-state index < -0.39 is 71.7 Å². The van der Waals surface area contributed by atoms with Gasteiger partial charge in [0.15, 0.2) is 0 Å². The Morgan fingerprint density at radius 1 is 0.603 bits per heavy atom. The molecule has 0 aliphatic rings. The summed E-state index contributed by atoms with van der Waals surface area (Å²) >= 11 is 0. The Bertz CT molecular complexity index is 4690. The van der Waals surface area contributed by atoms with Crippen molar-refractivity contribution in [3.63, 3.8) is 0 Å². The average Bonchev–Trinajstić information content (AvgIpc) is 2.05. The molecule has 356 valence electrons. The van der Waals surface area contributed by atoms with Crippen LogP contribution >= 0.6 is 0 Å². The third kappa shape index (κ3) is 7.85. The first-order valence-corrected chi connectivity index (χ1v) is 23.6. The van der Waals surface area contributed by atoms with Crippen molar-refractivity contribution in [3.05, 3.63) is 242 Å². The standard InChI is InChI=1S/C66H49N5O.Pt/c1-44(66(2,3)4)47-37-38-67-63(39-47)71-58-34-16-13-29-55(58)64-61(70-56-32-14-11-27-53(56)54-28-12-15-33-57(54)70)41-50(42-62(64)71)72-49-26-19-25-48(40-49)68-43-69(60-36-18-17-35-59(60)68)65-51(45-21-7-5-8-22-45)30-20-31-52(65)46-23-9-6-10-24-46;/h5-39,41,44H,1-4H3;/q-2;/i5D,6D,7D,8D,9D,10D,21D,22D,23D,24D,44D;. The Morgan fingerprint density at radius 3 is 1.82 bits per heavy atom. The van der Waals surface area contributed by atoms with Crippen molar-refractivity contribution in [1.29, 1.82) is 0 Å². The summed E-state index contributed by atoms with van der Waals surface area (Å²) in [6.07, 6.45) is 5.21. The van der Waals surface area contributed by atoms with Crippen LogP contribution in [0.2, 0.25) is 0 Å². The molecule has 1 atom stereocenters. The van der Waals surface area contributed by atoms with Crippen molar-refractivity contribution >= 4 is 54.6 Å². The van der Waals surface area contributed by atoms with E-state index in [0.717, 1.165) is 49.3 Å². The molecule has 0 saturated carbocycles. The smallest absolute Gasteiger partial charge is 0.268 e. The zero-order valence-corrected chi connectivity index (χ0v) is 42.2. The van der Waals surface area contributed by atoms with E-state index in [1.54, 1.807) is 45.7 Å². The second kappa shape index (κ2) is 18.4. The minimum Gasteiger partial charge on any atom is -0.510 e. The number of fused-ring (bicyclic) bond motifs is 7. The topological polar surface area (TPSA) is 40.8 Å². The second-order valence-corrected chi connectivity index (χ2v) is 18.7. The first-order valence-electron chi connectivity index (χ1n) is 29.1. The van der Waals surface area contributed by atoms with Gasteiger partial charge in [-0.15, -0.1) is 24.3 Å². The molecule has 0 bridgehead atoms. The minimum absolute atomic E-state index is 0. The van der Waals surface area contributed by atoms with E-state index in [1.165, 1.54) is 0 Å². The number of hydrogen-bond acceptors (Lipinski definition) is 2. The van der Waals surface area contributed by atoms with Gasteiger partial charge in [-0.25, -0.2) is 4.98 Å². The third-order valence-corrected chi connectivity index (χ3v) is 13.6. The molecule has 7 heteroatoms. The van der Waals surface area contributed by atoms with Gasteiger partial charge in [0.1, 0.15) is 5.82 Å². The first kappa shape index (κ1) is 34.9. The van der Waals surface area contributed by atoms with Gasteiger partial charge in [0.2, 0.25) is 0 Å². The van der Waals surface area contributed by atoms with Gasteiger partial charge in [0, 0.05) is 56.4 Å². The molecular formula is C66H49N5OPt-2. The van der Waals surface area contributed by atoms with Gasteiger partial charge in [-0.3, -0.25) is 4.57 Å². The molecule has 13 aromatic rings. The Kier molecular flexibility index (Phi) is 8.79. The number of para-hydroxylation sites is 6. The molecule has 0 spiro atoms. The minimum atomic E-state index is -0.974. The fourth-order valence-electron chi connectivity index (χ4n) is 9.93. The van der Waals surface area contributed by atoms with Crippen molar-refractivity contribution in [2.45, 2.75) is 33.6 Å². The number of imidazole rings is 1. The summed E-state index contributed by atoms with van der Waals surface area (Å²) in [5.41, 5.74) is 6.40. The van der Waals surface area contributed by atoms with Crippen molar-refractivity contribution in [2.75, 3.05) is 0 Å². The van der Waals surface area contributed by atoms with E-state index in [4.69, 9.17) is 23.4 Å². The molecule has 73 heavy (non-hydrogen) atoms.